The third kappa shape index (κ3) is 5.12. The zero-order chi connectivity index (χ0) is 19.1. The molecule has 1 atom stereocenters. The zero-order valence-electron chi connectivity index (χ0n) is 16.1. The monoisotopic (exact) mass is 389 g/mol. The third-order valence-electron chi connectivity index (χ3n) is 4.65. The van der Waals surface area contributed by atoms with E-state index in [1.807, 2.05) is 25.4 Å². The largest absolute Gasteiger partial charge is 0.490 e. The Hall–Kier alpha value is -1.82. The molecule has 27 heavy (non-hydrogen) atoms. The van der Waals surface area contributed by atoms with Crippen molar-refractivity contribution in [3.05, 3.63) is 52.8 Å². The summed E-state index contributed by atoms with van der Waals surface area (Å²) in [4.78, 5) is 6.61. The topological polar surface area (TPSA) is 46.6 Å². The molecular formula is C21H28ClN3O2. The van der Waals surface area contributed by atoms with Crippen LogP contribution in [0.1, 0.15) is 37.4 Å². The Morgan fingerprint density at radius 2 is 2.04 bits per heavy atom. The lowest BCUT2D eigenvalue weighted by Crippen LogP contribution is -2.45. The Morgan fingerprint density at radius 3 is 2.78 bits per heavy atom. The van der Waals surface area contributed by atoms with Crippen LogP contribution >= 0.6 is 11.6 Å². The molecule has 0 aliphatic carbocycles. The van der Waals surface area contributed by atoms with Crippen LogP contribution in [0.2, 0.25) is 5.02 Å². The van der Waals surface area contributed by atoms with Crippen molar-refractivity contribution in [2.24, 2.45) is 0 Å². The summed E-state index contributed by atoms with van der Waals surface area (Å²) in [5.74, 6) is 1.37. The molecule has 1 fully saturated rings. The standard InChI is InChI=1S/C21H28ClN3O2/c1-3-11-27-21-18(22)12-16(13-20(21)26-4-2)15-25-10-9-24-14-19(25)17-5-7-23-8-6-17/h5-8,12-13,19,24H,3-4,9-11,14-15H2,1-2H3. The molecule has 0 spiro atoms. The maximum Gasteiger partial charge on any atom is 0.179 e. The van der Waals surface area contributed by atoms with Crippen LogP contribution < -0.4 is 14.8 Å². The molecule has 5 nitrogen and oxygen atoms in total. The van der Waals surface area contributed by atoms with E-state index in [1.165, 1.54) is 5.56 Å². The second kappa shape index (κ2) is 9.93. The van der Waals surface area contributed by atoms with Crippen molar-refractivity contribution in [1.82, 2.24) is 15.2 Å². The average molecular weight is 390 g/mol. The van der Waals surface area contributed by atoms with Crippen LogP contribution in [-0.2, 0) is 6.54 Å². The fourth-order valence-corrected chi connectivity index (χ4v) is 3.69. The van der Waals surface area contributed by atoms with Crippen LogP contribution in [0, 0.1) is 0 Å². The molecule has 6 heteroatoms. The second-order valence-electron chi connectivity index (χ2n) is 6.66. The van der Waals surface area contributed by atoms with Gasteiger partial charge >= 0.3 is 0 Å². The highest BCUT2D eigenvalue weighted by atomic mass is 35.5. The van der Waals surface area contributed by atoms with Gasteiger partial charge in [-0.05, 0) is 48.7 Å². The molecule has 2 heterocycles. The molecule has 0 radical (unpaired) electrons. The van der Waals surface area contributed by atoms with Crippen LogP contribution in [0.3, 0.4) is 0 Å². The normalized spacial score (nSPS) is 17.7. The molecule has 146 valence electrons. The summed E-state index contributed by atoms with van der Waals surface area (Å²) in [7, 11) is 0. The molecule has 1 aromatic heterocycles. The van der Waals surface area contributed by atoms with Crippen molar-refractivity contribution < 1.29 is 9.47 Å². The Kier molecular flexibility index (Phi) is 7.33. The number of hydrogen-bond donors (Lipinski definition) is 1. The number of rotatable bonds is 8. The number of ether oxygens (including phenoxy) is 2. The van der Waals surface area contributed by atoms with Crippen LogP contribution in [-0.4, -0.2) is 42.7 Å². The minimum absolute atomic E-state index is 0.312. The predicted molar refractivity (Wildman–Crippen MR) is 109 cm³/mol. The molecule has 0 bridgehead atoms. The molecule has 1 saturated heterocycles. The van der Waals surface area contributed by atoms with Crippen molar-refractivity contribution in [2.45, 2.75) is 32.9 Å². The minimum atomic E-state index is 0.312. The van der Waals surface area contributed by atoms with Gasteiger partial charge in [-0.3, -0.25) is 9.88 Å². The zero-order valence-corrected chi connectivity index (χ0v) is 16.8. The number of piperazine rings is 1. The van der Waals surface area contributed by atoms with Crippen LogP contribution in [0.4, 0.5) is 0 Å². The fourth-order valence-electron chi connectivity index (χ4n) is 3.40. The van der Waals surface area contributed by atoms with E-state index in [9.17, 15) is 0 Å². The van der Waals surface area contributed by atoms with E-state index in [-0.39, 0.29) is 0 Å². The van der Waals surface area contributed by atoms with Gasteiger partial charge in [-0.2, -0.15) is 0 Å². The van der Waals surface area contributed by atoms with E-state index in [0.717, 1.165) is 43.9 Å². The second-order valence-corrected chi connectivity index (χ2v) is 7.06. The van der Waals surface area contributed by atoms with Gasteiger partial charge in [0.2, 0.25) is 0 Å². The molecule has 3 rings (SSSR count). The van der Waals surface area contributed by atoms with Gasteiger partial charge in [0, 0.05) is 44.6 Å². The smallest absolute Gasteiger partial charge is 0.179 e. The van der Waals surface area contributed by atoms with Crippen LogP contribution in [0.25, 0.3) is 0 Å². The quantitative estimate of drug-likeness (QED) is 0.737. The Morgan fingerprint density at radius 1 is 1.22 bits per heavy atom. The van der Waals surface area contributed by atoms with Crippen molar-refractivity contribution in [2.75, 3.05) is 32.8 Å². The van der Waals surface area contributed by atoms with Gasteiger partial charge in [0.25, 0.3) is 0 Å². The summed E-state index contributed by atoms with van der Waals surface area (Å²) in [6.45, 7) is 8.94. The van der Waals surface area contributed by atoms with Crippen molar-refractivity contribution in [1.29, 1.82) is 0 Å². The number of hydrogen-bond acceptors (Lipinski definition) is 5. The Balaban J connectivity index is 1.82. The molecule has 0 saturated carbocycles. The van der Waals surface area contributed by atoms with E-state index in [4.69, 9.17) is 21.1 Å². The SMILES string of the molecule is CCCOc1c(Cl)cc(CN2CCNCC2c2ccncc2)cc1OCC. The van der Waals surface area contributed by atoms with Gasteiger partial charge in [-0.15, -0.1) is 0 Å². The highest BCUT2D eigenvalue weighted by Crippen LogP contribution is 2.37. The van der Waals surface area contributed by atoms with Gasteiger partial charge in [-0.1, -0.05) is 18.5 Å². The Labute approximate surface area is 166 Å². The van der Waals surface area contributed by atoms with Crippen LogP contribution in [0.15, 0.2) is 36.7 Å². The molecule has 0 amide bonds. The number of nitrogens with one attached hydrogen (secondary N) is 1. The van der Waals surface area contributed by atoms with Crippen LogP contribution in [0.5, 0.6) is 11.5 Å². The Bertz CT molecular complexity index is 727. The molecule has 1 aliphatic rings. The summed E-state index contributed by atoms with van der Waals surface area (Å²) in [5, 5.41) is 4.10. The first-order chi connectivity index (χ1) is 13.2. The molecule has 1 aliphatic heterocycles. The van der Waals surface area contributed by atoms with Gasteiger partial charge < -0.3 is 14.8 Å². The van der Waals surface area contributed by atoms with Crippen molar-refractivity contribution in [3.8, 4) is 11.5 Å². The van der Waals surface area contributed by atoms with E-state index in [1.54, 1.807) is 0 Å². The average Bonchev–Trinajstić information content (AvgIpc) is 2.69. The predicted octanol–water partition coefficient (Wildman–Crippen LogP) is 4.07. The van der Waals surface area contributed by atoms with Gasteiger partial charge in [0.1, 0.15) is 0 Å². The van der Waals surface area contributed by atoms with Crippen molar-refractivity contribution in [3.63, 3.8) is 0 Å². The molecule has 1 aromatic carbocycles. The minimum Gasteiger partial charge on any atom is -0.490 e. The first-order valence-electron chi connectivity index (χ1n) is 9.65. The lowest BCUT2D eigenvalue weighted by Gasteiger charge is -2.36. The lowest BCUT2D eigenvalue weighted by atomic mass is 10.0. The number of halogens is 1. The molecule has 1 N–H and O–H groups in total. The van der Waals surface area contributed by atoms with E-state index >= 15 is 0 Å². The van der Waals surface area contributed by atoms with E-state index in [2.05, 4.69) is 40.3 Å². The van der Waals surface area contributed by atoms with E-state index < -0.39 is 0 Å². The summed E-state index contributed by atoms with van der Waals surface area (Å²) in [5.41, 5.74) is 2.41. The molecule has 1 unspecified atom stereocenters. The highest BCUT2D eigenvalue weighted by Gasteiger charge is 2.24. The number of aromatic nitrogens is 1. The number of benzene rings is 1. The van der Waals surface area contributed by atoms with Gasteiger partial charge in [0.05, 0.1) is 18.2 Å². The third-order valence-corrected chi connectivity index (χ3v) is 4.93. The summed E-state index contributed by atoms with van der Waals surface area (Å²) >= 11 is 6.53. The van der Waals surface area contributed by atoms with Gasteiger partial charge in [0.15, 0.2) is 11.5 Å². The summed E-state index contributed by atoms with van der Waals surface area (Å²) in [6, 6.07) is 8.55. The van der Waals surface area contributed by atoms with Gasteiger partial charge in [-0.25, -0.2) is 0 Å². The molecule has 2 aromatic rings. The fraction of sp³-hybridized carbons (Fsp3) is 0.476. The maximum atomic E-state index is 6.53. The molecular weight excluding hydrogens is 362 g/mol. The van der Waals surface area contributed by atoms with E-state index in [0.29, 0.717) is 30.0 Å². The highest BCUT2D eigenvalue weighted by molar-refractivity contribution is 6.32. The number of nitrogens with zero attached hydrogens (tertiary/aromatic N) is 2. The maximum absolute atomic E-state index is 6.53. The first-order valence-corrected chi connectivity index (χ1v) is 10.0. The number of pyridine rings is 1. The lowest BCUT2D eigenvalue weighted by molar-refractivity contribution is 0.153. The summed E-state index contributed by atoms with van der Waals surface area (Å²) < 4.78 is 11.6. The summed E-state index contributed by atoms with van der Waals surface area (Å²) in [6.07, 6.45) is 4.64. The first kappa shape index (κ1) is 19.9. The van der Waals surface area contributed by atoms with Crippen molar-refractivity contribution >= 4 is 11.6 Å².